The molecule has 1 aromatic heterocycles. The van der Waals surface area contributed by atoms with Gasteiger partial charge in [-0.2, -0.15) is 0 Å². The predicted octanol–water partition coefficient (Wildman–Crippen LogP) is 3.30. The summed E-state index contributed by atoms with van der Waals surface area (Å²) >= 11 is 1.21. The van der Waals surface area contributed by atoms with Crippen LogP contribution < -0.4 is 10.4 Å². The fourth-order valence-corrected chi connectivity index (χ4v) is 3.18. The van der Waals surface area contributed by atoms with Crippen molar-refractivity contribution in [1.82, 2.24) is 0 Å². The molecule has 0 aliphatic carbocycles. The first-order chi connectivity index (χ1) is 10.6. The van der Waals surface area contributed by atoms with Gasteiger partial charge in [-0.15, -0.1) is 11.3 Å². The third kappa shape index (κ3) is 3.95. The fraction of sp³-hybridized carbons (Fsp3) is 0.294. The number of unbranched alkanes of at least 4 members (excludes halogenated alkanes) is 2. The molecule has 0 bridgehead atoms. The van der Waals surface area contributed by atoms with E-state index in [-0.39, 0.29) is 11.5 Å². The summed E-state index contributed by atoms with van der Waals surface area (Å²) in [6.07, 6.45) is 3.23. The highest BCUT2D eigenvalue weighted by molar-refractivity contribution is 7.15. The Morgan fingerprint density at radius 3 is 2.55 bits per heavy atom. The van der Waals surface area contributed by atoms with Crippen molar-refractivity contribution in [3.63, 3.8) is 0 Å². The second-order valence-electron chi connectivity index (χ2n) is 5.01. The highest BCUT2D eigenvalue weighted by Gasteiger charge is 2.16. The number of amides is 1. The number of carboxylic acids is 1. The third-order valence-electron chi connectivity index (χ3n) is 3.34. The number of nitrogens with one attached hydrogen (secondary N) is 1. The van der Waals surface area contributed by atoms with Gasteiger partial charge in [0.15, 0.2) is 0 Å². The number of carboxylic acid groups (broad SMARTS) is 1. The van der Waals surface area contributed by atoms with E-state index in [9.17, 15) is 14.7 Å². The Balaban J connectivity index is 2.21. The van der Waals surface area contributed by atoms with E-state index in [0.717, 1.165) is 24.8 Å². The molecule has 0 aliphatic rings. The van der Waals surface area contributed by atoms with Crippen molar-refractivity contribution in [3.8, 4) is 11.1 Å². The van der Waals surface area contributed by atoms with Gasteiger partial charge in [0.2, 0.25) is 5.91 Å². The van der Waals surface area contributed by atoms with Gasteiger partial charge in [0.1, 0.15) is 5.00 Å². The Labute approximate surface area is 133 Å². The molecular weight excluding hydrogens is 298 g/mol. The van der Waals surface area contributed by atoms with Crippen molar-refractivity contribution in [2.45, 2.75) is 32.6 Å². The van der Waals surface area contributed by atoms with Gasteiger partial charge in [0.25, 0.3) is 0 Å². The van der Waals surface area contributed by atoms with Gasteiger partial charge in [0.05, 0.1) is 5.97 Å². The number of anilines is 1. The van der Waals surface area contributed by atoms with E-state index in [0.29, 0.717) is 17.0 Å². The molecule has 0 radical (unpaired) electrons. The van der Waals surface area contributed by atoms with E-state index in [1.54, 1.807) is 5.38 Å². The van der Waals surface area contributed by atoms with Crippen LogP contribution >= 0.6 is 11.3 Å². The lowest BCUT2D eigenvalue weighted by atomic mass is 10.0. The Morgan fingerprint density at radius 2 is 1.91 bits per heavy atom. The number of rotatable bonds is 7. The van der Waals surface area contributed by atoms with Crippen LogP contribution in [0.2, 0.25) is 0 Å². The normalized spacial score (nSPS) is 10.4. The first-order valence-electron chi connectivity index (χ1n) is 7.31. The van der Waals surface area contributed by atoms with E-state index >= 15 is 0 Å². The molecule has 116 valence electrons. The SMILES string of the molecule is CCCCCC(=O)Nc1scc(-c2ccccc2)c1C(=O)[O-]. The minimum absolute atomic E-state index is 0.0556. The quantitative estimate of drug-likeness (QED) is 0.797. The summed E-state index contributed by atoms with van der Waals surface area (Å²) in [4.78, 5) is 23.4. The van der Waals surface area contributed by atoms with Crippen molar-refractivity contribution < 1.29 is 14.7 Å². The zero-order chi connectivity index (χ0) is 15.9. The van der Waals surface area contributed by atoms with Crippen LogP contribution in [-0.4, -0.2) is 11.9 Å². The first kappa shape index (κ1) is 16.2. The van der Waals surface area contributed by atoms with Crippen LogP contribution in [-0.2, 0) is 4.79 Å². The van der Waals surface area contributed by atoms with Gasteiger partial charge >= 0.3 is 0 Å². The van der Waals surface area contributed by atoms with Gasteiger partial charge in [-0.05, 0) is 12.0 Å². The molecule has 1 N–H and O–H groups in total. The number of aromatic carboxylic acids is 1. The van der Waals surface area contributed by atoms with E-state index < -0.39 is 5.97 Å². The largest absolute Gasteiger partial charge is 0.545 e. The maximum Gasteiger partial charge on any atom is 0.224 e. The number of carbonyl (C=O) groups excluding carboxylic acids is 2. The summed E-state index contributed by atoms with van der Waals surface area (Å²) in [5.41, 5.74) is 1.43. The van der Waals surface area contributed by atoms with Crippen molar-refractivity contribution in [1.29, 1.82) is 0 Å². The number of thiophene rings is 1. The summed E-state index contributed by atoms with van der Waals surface area (Å²) in [5.74, 6) is -1.43. The predicted molar refractivity (Wildman–Crippen MR) is 86.9 cm³/mol. The molecule has 1 aromatic carbocycles. The van der Waals surface area contributed by atoms with Crippen LogP contribution in [0.1, 0.15) is 43.0 Å². The zero-order valence-corrected chi connectivity index (χ0v) is 13.2. The Bertz CT molecular complexity index is 649. The van der Waals surface area contributed by atoms with E-state index in [1.165, 1.54) is 11.3 Å². The molecule has 0 atom stereocenters. The number of hydrogen-bond donors (Lipinski definition) is 1. The maximum atomic E-state index is 11.9. The molecule has 0 spiro atoms. The Morgan fingerprint density at radius 1 is 1.18 bits per heavy atom. The monoisotopic (exact) mass is 316 g/mol. The highest BCUT2D eigenvalue weighted by atomic mass is 32.1. The van der Waals surface area contributed by atoms with Crippen LogP contribution in [0.25, 0.3) is 11.1 Å². The van der Waals surface area contributed by atoms with Gasteiger partial charge in [0, 0.05) is 22.9 Å². The topological polar surface area (TPSA) is 69.2 Å². The lowest BCUT2D eigenvalue weighted by Crippen LogP contribution is -2.24. The first-order valence-corrected chi connectivity index (χ1v) is 8.19. The van der Waals surface area contributed by atoms with Crippen LogP contribution in [0.5, 0.6) is 0 Å². The number of carbonyl (C=O) groups is 2. The molecule has 0 unspecified atom stereocenters. The molecule has 22 heavy (non-hydrogen) atoms. The summed E-state index contributed by atoms with van der Waals surface area (Å²) in [6, 6.07) is 9.22. The molecule has 1 amide bonds. The van der Waals surface area contributed by atoms with Gasteiger partial charge < -0.3 is 15.2 Å². The van der Waals surface area contributed by atoms with Crippen molar-refractivity contribution in [2.24, 2.45) is 0 Å². The average molecular weight is 316 g/mol. The molecule has 0 fully saturated rings. The van der Waals surface area contributed by atoms with E-state index in [2.05, 4.69) is 12.2 Å². The Hall–Kier alpha value is -2.14. The lowest BCUT2D eigenvalue weighted by molar-refractivity contribution is -0.254. The van der Waals surface area contributed by atoms with Gasteiger partial charge in [-0.3, -0.25) is 4.79 Å². The molecule has 5 heteroatoms. The number of benzene rings is 1. The van der Waals surface area contributed by atoms with E-state index in [4.69, 9.17) is 0 Å². The average Bonchev–Trinajstić information content (AvgIpc) is 2.92. The van der Waals surface area contributed by atoms with Crippen molar-refractivity contribution in [2.75, 3.05) is 5.32 Å². The molecule has 2 rings (SSSR count). The van der Waals surface area contributed by atoms with Crippen LogP contribution in [0.3, 0.4) is 0 Å². The molecule has 0 saturated heterocycles. The summed E-state index contributed by atoms with van der Waals surface area (Å²) < 4.78 is 0. The van der Waals surface area contributed by atoms with Crippen LogP contribution in [0.15, 0.2) is 35.7 Å². The molecule has 0 saturated carbocycles. The minimum Gasteiger partial charge on any atom is -0.545 e. The molecule has 1 heterocycles. The zero-order valence-electron chi connectivity index (χ0n) is 12.4. The van der Waals surface area contributed by atoms with Gasteiger partial charge in [-0.1, -0.05) is 50.1 Å². The second-order valence-corrected chi connectivity index (χ2v) is 5.89. The van der Waals surface area contributed by atoms with E-state index in [1.807, 2.05) is 30.3 Å². The highest BCUT2D eigenvalue weighted by Crippen LogP contribution is 2.35. The van der Waals surface area contributed by atoms with Crippen LogP contribution in [0.4, 0.5) is 5.00 Å². The van der Waals surface area contributed by atoms with Crippen molar-refractivity contribution in [3.05, 3.63) is 41.3 Å². The third-order valence-corrected chi connectivity index (χ3v) is 4.24. The van der Waals surface area contributed by atoms with Crippen LogP contribution in [0, 0.1) is 0 Å². The Kier molecular flexibility index (Phi) is 5.72. The maximum absolute atomic E-state index is 11.9. The molecule has 2 aromatic rings. The lowest BCUT2D eigenvalue weighted by Gasteiger charge is -2.10. The summed E-state index contributed by atoms with van der Waals surface area (Å²) in [7, 11) is 0. The molecule has 0 aliphatic heterocycles. The summed E-state index contributed by atoms with van der Waals surface area (Å²) in [5, 5.41) is 16.2. The summed E-state index contributed by atoms with van der Waals surface area (Å²) in [6.45, 7) is 2.07. The fourth-order valence-electron chi connectivity index (χ4n) is 2.21. The molecule has 4 nitrogen and oxygen atoms in total. The number of hydrogen-bond acceptors (Lipinski definition) is 4. The molecular formula is C17H18NO3S-. The smallest absolute Gasteiger partial charge is 0.224 e. The minimum atomic E-state index is -1.27. The second kappa shape index (κ2) is 7.75. The standard InChI is InChI=1S/C17H19NO3S/c1-2-3-5-10-14(19)18-16-15(17(20)21)13(11-22-16)12-8-6-4-7-9-12/h4,6-9,11H,2-3,5,10H2,1H3,(H,18,19)(H,20,21)/p-1. The van der Waals surface area contributed by atoms with Crippen molar-refractivity contribution >= 4 is 28.2 Å². The van der Waals surface area contributed by atoms with Gasteiger partial charge in [-0.25, -0.2) is 0 Å².